The summed E-state index contributed by atoms with van der Waals surface area (Å²) in [5.74, 6) is -0.562. The van der Waals surface area contributed by atoms with E-state index in [0.29, 0.717) is 5.56 Å². The molecule has 1 aliphatic heterocycles. The predicted octanol–water partition coefficient (Wildman–Crippen LogP) is 2.54. The monoisotopic (exact) mass is 475 g/mol. The zero-order chi connectivity index (χ0) is 22.8. The number of anilines is 2. The number of amides is 3. The van der Waals surface area contributed by atoms with Gasteiger partial charge in [-0.25, -0.2) is 14.4 Å². The largest absolute Gasteiger partial charge is 0.446 e. The van der Waals surface area contributed by atoms with Crippen molar-refractivity contribution in [3.63, 3.8) is 0 Å². The molecule has 1 aromatic heterocycles. The van der Waals surface area contributed by atoms with E-state index >= 15 is 0 Å². The Morgan fingerprint density at radius 1 is 1.16 bits per heavy atom. The van der Waals surface area contributed by atoms with E-state index < -0.39 is 27.7 Å². The van der Waals surface area contributed by atoms with Crippen LogP contribution in [0.5, 0.6) is 0 Å². The van der Waals surface area contributed by atoms with Crippen LogP contribution in [0.2, 0.25) is 0 Å². The van der Waals surface area contributed by atoms with Gasteiger partial charge in [-0.1, -0.05) is 0 Å². The molecule has 0 bridgehead atoms. The molecule has 1 aliphatic rings. The Balaban J connectivity index is 1.77. The lowest BCUT2D eigenvalue weighted by molar-refractivity contribution is -0.116. The fraction of sp³-hybridized carbons (Fsp3) is 0.235. The molecule has 3 rings (SSSR count). The Hall–Kier alpha value is -2.84. The minimum Gasteiger partial charge on any atom is -0.310 e. The molecule has 9 nitrogen and oxygen atoms in total. The summed E-state index contributed by atoms with van der Waals surface area (Å²) in [6.45, 7) is -0.369. The van der Waals surface area contributed by atoms with Gasteiger partial charge >= 0.3 is 11.5 Å². The van der Waals surface area contributed by atoms with E-state index in [9.17, 15) is 31.2 Å². The first-order valence-electron chi connectivity index (χ1n) is 8.61. The zero-order valence-corrected chi connectivity index (χ0v) is 17.5. The molecular formula is C17H16F3N5O4S2. The second kappa shape index (κ2) is 8.72. The molecule has 31 heavy (non-hydrogen) atoms. The van der Waals surface area contributed by atoms with E-state index in [1.807, 2.05) is 0 Å². The highest BCUT2D eigenvalue weighted by Crippen LogP contribution is 2.37. The van der Waals surface area contributed by atoms with Gasteiger partial charge in [0.1, 0.15) is 6.54 Å². The van der Waals surface area contributed by atoms with Crippen LogP contribution in [0.4, 0.5) is 29.3 Å². The van der Waals surface area contributed by atoms with Crippen molar-refractivity contribution in [1.82, 2.24) is 14.6 Å². The van der Waals surface area contributed by atoms with Crippen molar-refractivity contribution in [3.05, 3.63) is 48.3 Å². The van der Waals surface area contributed by atoms with Crippen molar-refractivity contribution in [3.8, 4) is 0 Å². The molecule has 3 amide bonds. The van der Waals surface area contributed by atoms with Crippen LogP contribution in [0.25, 0.3) is 0 Å². The first-order valence-corrected chi connectivity index (χ1v) is 10.9. The first kappa shape index (κ1) is 22.8. The number of halogens is 3. The van der Waals surface area contributed by atoms with Crippen LogP contribution in [-0.4, -0.2) is 49.3 Å². The number of hydrogen-bond acceptors (Lipinski definition) is 6. The predicted molar refractivity (Wildman–Crippen MR) is 107 cm³/mol. The number of urea groups is 1. The Bertz CT molecular complexity index is 1090. The average molecular weight is 475 g/mol. The van der Waals surface area contributed by atoms with Gasteiger partial charge in [0.15, 0.2) is 0 Å². The summed E-state index contributed by atoms with van der Waals surface area (Å²) in [6.07, 6.45) is 2.67. The summed E-state index contributed by atoms with van der Waals surface area (Å²) in [5, 5.41) is 0. The Morgan fingerprint density at radius 2 is 1.84 bits per heavy atom. The Kier molecular flexibility index (Phi) is 6.43. The summed E-state index contributed by atoms with van der Waals surface area (Å²) in [7, 11) is -2.61. The first-order chi connectivity index (χ1) is 14.5. The third kappa shape index (κ3) is 5.65. The number of nitrogens with one attached hydrogen (secondary N) is 2. The van der Waals surface area contributed by atoms with Crippen LogP contribution < -0.4 is 14.3 Å². The number of nitrogens with zero attached hydrogens (tertiary/aromatic N) is 3. The van der Waals surface area contributed by atoms with Gasteiger partial charge in [-0.15, -0.1) is 0 Å². The average Bonchev–Trinajstić information content (AvgIpc) is 2.96. The Morgan fingerprint density at radius 3 is 2.45 bits per heavy atom. The second-order valence-electron chi connectivity index (χ2n) is 6.25. The van der Waals surface area contributed by atoms with E-state index in [1.54, 1.807) is 0 Å². The van der Waals surface area contributed by atoms with Crippen LogP contribution >= 0.6 is 11.8 Å². The zero-order valence-electron chi connectivity index (χ0n) is 15.9. The maximum Gasteiger partial charge on any atom is 0.446 e. The highest BCUT2D eigenvalue weighted by Gasteiger charge is 2.37. The molecule has 2 aromatic rings. The van der Waals surface area contributed by atoms with Crippen molar-refractivity contribution >= 4 is 45.3 Å². The summed E-state index contributed by atoms with van der Waals surface area (Å²) < 4.78 is 65.3. The number of alkyl halides is 3. The van der Waals surface area contributed by atoms with Crippen molar-refractivity contribution in [2.45, 2.75) is 16.9 Å². The highest BCUT2D eigenvalue weighted by atomic mass is 32.2. The number of thioether (sulfide) groups is 1. The smallest absolute Gasteiger partial charge is 0.310 e. The normalized spacial score (nSPS) is 15.0. The van der Waals surface area contributed by atoms with Gasteiger partial charge in [-0.2, -0.15) is 21.6 Å². The quantitative estimate of drug-likeness (QED) is 0.470. The third-order valence-corrected chi connectivity index (χ3v) is 5.92. The minimum atomic E-state index is -4.45. The number of hydrogen-bond donors (Lipinski definition) is 2. The number of aromatic nitrogens is 1. The van der Waals surface area contributed by atoms with Gasteiger partial charge in [0.25, 0.3) is 16.1 Å². The van der Waals surface area contributed by atoms with Crippen molar-refractivity contribution in [2.24, 2.45) is 0 Å². The summed E-state index contributed by atoms with van der Waals surface area (Å²) in [4.78, 5) is 31.0. The Labute approximate surface area is 179 Å². The molecule has 0 aliphatic carbocycles. The number of carbonyl (C=O) groups excluding carboxylic acids is 2. The number of pyridine rings is 1. The number of benzene rings is 1. The van der Waals surface area contributed by atoms with Gasteiger partial charge in [0, 0.05) is 18.1 Å². The molecule has 0 saturated carbocycles. The van der Waals surface area contributed by atoms with Crippen molar-refractivity contribution < 1.29 is 31.2 Å². The molecule has 2 heterocycles. The summed E-state index contributed by atoms with van der Waals surface area (Å²) in [6, 6.07) is 5.67. The standard InChI is InChI=1S/C17H16F3N5O4S2/c1-21-31(28,29)23-14-8-22-7-6-11(14)9-24-10-15(26)25(16(24)27)12-2-4-13(5-3-12)30-17(18,19)20/h2-8,21,23H,9-10H2,1H3. The molecule has 1 aromatic carbocycles. The molecule has 1 fully saturated rings. The lowest BCUT2D eigenvalue weighted by atomic mass is 10.2. The summed E-state index contributed by atoms with van der Waals surface area (Å²) >= 11 is -0.302. The number of carbonyl (C=O) groups is 2. The SMILES string of the molecule is CNS(=O)(=O)Nc1cnccc1CN1CC(=O)N(c2ccc(SC(F)(F)F)cc2)C1=O. The number of imide groups is 1. The highest BCUT2D eigenvalue weighted by molar-refractivity contribution is 8.00. The lowest BCUT2D eigenvalue weighted by Crippen LogP contribution is -2.33. The van der Waals surface area contributed by atoms with Gasteiger partial charge < -0.3 is 4.90 Å². The van der Waals surface area contributed by atoms with Crippen LogP contribution in [-0.2, 0) is 21.5 Å². The molecule has 0 radical (unpaired) electrons. The van der Waals surface area contributed by atoms with Gasteiger partial charge in [-0.05, 0) is 47.7 Å². The van der Waals surface area contributed by atoms with Crippen molar-refractivity contribution in [2.75, 3.05) is 23.2 Å². The van der Waals surface area contributed by atoms with Crippen LogP contribution in [0, 0.1) is 0 Å². The van der Waals surface area contributed by atoms with Gasteiger partial charge in [0.2, 0.25) is 0 Å². The second-order valence-corrected chi connectivity index (χ2v) is 9.01. The number of rotatable bonds is 7. The van der Waals surface area contributed by atoms with E-state index in [2.05, 4.69) is 14.4 Å². The molecule has 166 valence electrons. The summed E-state index contributed by atoms with van der Waals surface area (Å²) in [5.41, 5.74) is -3.79. The topological polar surface area (TPSA) is 112 Å². The molecule has 0 atom stereocenters. The molecule has 1 saturated heterocycles. The van der Waals surface area contributed by atoms with E-state index in [1.165, 1.54) is 54.7 Å². The lowest BCUT2D eigenvalue weighted by Gasteiger charge is -2.19. The van der Waals surface area contributed by atoms with Crippen LogP contribution in [0.1, 0.15) is 5.56 Å². The van der Waals surface area contributed by atoms with Crippen LogP contribution in [0.3, 0.4) is 0 Å². The maximum absolute atomic E-state index is 12.8. The van der Waals surface area contributed by atoms with E-state index in [4.69, 9.17) is 0 Å². The van der Waals surface area contributed by atoms with Gasteiger partial charge in [-0.3, -0.25) is 14.5 Å². The molecule has 2 N–H and O–H groups in total. The van der Waals surface area contributed by atoms with E-state index in [0.717, 1.165) is 4.90 Å². The molecule has 0 spiro atoms. The maximum atomic E-state index is 12.8. The fourth-order valence-electron chi connectivity index (χ4n) is 2.78. The third-order valence-electron chi connectivity index (χ3n) is 4.15. The van der Waals surface area contributed by atoms with E-state index in [-0.39, 0.29) is 41.1 Å². The molecule has 14 heteroatoms. The fourth-order valence-corrected chi connectivity index (χ4v) is 3.89. The van der Waals surface area contributed by atoms with Gasteiger partial charge in [0.05, 0.1) is 24.1 Å². The van der Waals surface area contributed by atoms with Crippen molar-refractivity contribution in [1.29, 1.82) is 0 Å². The molecule has 0 unspecified atom stereocenters. The van der Waals surface area contributed by atoms with Crippen LogP contribution in [0.15, 0.2) is 47.6 Å². The molecular weight excluding hydrogens is 459 g/mol. The minimum absolute atomic E-state index is 0.0783.